The van der Waals surface area contributed by atoms with Crippen LogP contribution in [0.2, 0.25) is 0 Å². The first-order chi connectivity index (χ1) is 6.88. The van der Waals surface area contributed by atoms with Gasteiger partial charge in [0, 0.05) is 12.3 Å². The van der Waals surface area contributed by atoms with Crippen molar-refractivity contribution in [2.24, 2.45) is 0 Å². The Morgan fingerprint density at radius 1 is 1.43 bits per heavy atom. The zero-order valence-electron chi connectivity index (χ0n) is 7.81. The maximum absolute atomic E-state index is 8.59. The second-order valence-electron chi connectivity index (χ2n) is 3.35. The van der Waals surface area contributed by atoms with Crippen LogP contribution in [0.4, 0.5) is 0 Å². The van der Waals surface area contributed by atoms with Crippen molar-refractivity contribution < 1.29 is 4.74 Å². The van der Waals surface area contributed by atoms with Crippen LogP contribution in [-0.2, 0) is 0 Å². The van der Waals surface area contributed by atoms with E-state index < -0.39 is 0 Å². The highest BCUT2D eigenvalue weighted by molar-refractivity contribution is 5.16. The molecule has 0 saturated heterocycles. The molecule has 0 unspecified atom stereocenters. The topological polar surface area (TPSA) is 58.8 Å². The smallest absolute Gasteiger partial charge is 0.235 e. The number of aromatic nitrogens is 2. The fourth-order valence-electron chi connectivity index (χ4n) is 1.64. The number of nitrogens with zero attached hydrogens (tertiary/aromatic N) is 3. The van der Waals surface area contributed by atoms with E-state index in [0.29, 0.717) is 5.88 Å². The van der Waals surface area contributed by atoms with E-state index in [-0.39, 0.29) is 11.9 Å². The van der Waals surface area contributed by atoms with Crippen LogP contribution in [0.25, 0.3) is 0 Å². The third-order valence-electron chi connectivity index (χ3n) is 2.32. The molecule has 0 aromatic carbocycles. The Hall–Kier alpha value is -1.63. The van der Waals surface area contributed by atoms with Gasteiger partial charge >= 0.3 is 0 Å². The SMILES string of the molecule is N#Cc1nccc(OC2CCCC2)n1. The van der Waals surface area contributed by atoms with Crippen molar-refractivity contribution in [2.75, 3.05) is 0 Å². The second kappa shape index (κ2) is 4.05. The van der Waals surface area contributed by atoms with Gasteiger partial charge in [0.2, 0.25) is 11.7 Å². The molecular formula is C10H11N3O. The maximum Gasteiger partial charge on any atom is 0.235 e. The normalized spacial score (nSPS) is 16.5. The summed E-state index contributed by atoms with van der Waals surface area (Å²) in [5, 5.41) is 8.59. The van der Waals surface area contributed by atoms with E-state index >= 15 is 0 Å². The summed E-state index contributed by atoms with van der Waals surface area (Å²) in [5.41, 5.74) is 0. The van der Waals surface area contributed by atoms with Crippen LogP contribution in [0.1, 0.15) is 31.5 Å². The standard InChI is InChI=1S/C10H11N3O/c11-7-9-12-6-5-10(13-9)14-8-3-1-2-4-8/h5-6,8H,1-4H2. The largest absolute Gasteiger partial charge is 0.474 e. The molecule has 1 aromatic rings. The number of ether oxygens (including phenoxy) is 1. The van der Waals surface area contributed by atoms with Gasteiger partial charge in [0.05, 0.1) is 0 Å². The van der Waals surface area contributed by atoms with Gasteiger partial charge in [-0.3, -0.25) is 0 Å². The highest BCUT2D eigenvalue weighted by Gasteiger charge is 2.16. The zero-order chi connectivity index (χ0) is 9.80. The molecule has 14 heavy (non-hydrogen) atoms. The van der Waals surface area contributed by atoms with Gasteiger partial charge < -0.3 is 4.74 Å². The average Bonchev–Trinajstić information content (AvgIpc) is 2.71. The minimum Gasteiger partial charge on any atom is -0.474 e. The van der Waals surface area contributed by atoms with Gasteiger partial charge in [0.15, 0.2) is 0 Å². The third-order valence-corrected chi connectivity index (χ3v) is 2.32. The monoisotopic (exact) mass is 189 g/mol. The first-order valence-corrected chi connectivity index (χ1v) is 4.78. The quantitative estimate of drug-likeness (QED) is 0.710. The lowest BCUT2D eigenvalue weighted by atomic mass is 10.3. The first kappa shape index (κ1) is 8.95. The highest BCUT2D eigenvalue weighted by Crippen LogP contribution is 2.22. The Balaban J connectivity index is 2.05. The van der Waals surface area contributed by atoms with Crippen LogP contribution < -0.4 is 4.74 Å². The molecule has 1 saturated carbocycles. The fourth-order valence-corrected chi connectivity index (χ4v) is 1.64. The summed E-state index contributed by atoms with van der Waals surface area (Å²) in [4.78, 5) is 7.74. The molecular weight excluding hydrogens is 178 g/mol. The molecule has 1 fully saturated rings. The number of nitriles is 1. The van der Waals surface area contributed by atoms with Crippen LogP contribution in [0.3, 0.4) is 0 Å². The highest BCUT2D eigenvalue weighted by atomic mass is 16.5. The van der Waals surface area contributed by atoms with Crippen molar-refractivity contribution in [3.05, 3.63) is 18.1 Å². The summed E-state index contributed by atoms with van der Waals surface area (Å²) < 4.78 is 5.62. The molecule has 1 aliphatic carbocycles. The van der Waals surface area contributed by atoms with Crippen LogP contribution in [0.15, 0.2) is 12.3 Å². The Morgan fingerprint density at radius 2 is 2.21 bits per heavy atom. The molecule has 0 N–H and O–H groups in total. The Kier molecular flexibility index (Phi) is 2.59. The third kappa shape index (κ3) is 1.99. The predicted octanol–water partition coefficient (Wildman–Crippen LogP) is 1.67. The van der Waals surface area contributed by atoms with Crippen LogP contribution in [0, 0.1) is 11.3 Å². The zero-order valence-corrected chi connectivity index (χ0v) is 7.81. The first-order valence-electron chi connectivity index (χ1n) is 4.78. The molecule has 72 valence electrons. The molecule has 1 aliphatic rings. The summed E-state index contributed by atoms with van der Waals surface area (Å²) in [7, 11) is 0. The van der Waals surface area contributed by atoms with E-state index in [4.69, 9.17) is 10.00 Å². The summed E-state index contributed by atoms with van der Waals surface area (Å²) >= 11 is 0. The molecule has 1 heterocycles. The summed E-state index contributed by atoms with van der Waals surface area (Å²) in [5.74, 6) is 0.684. The lowest BCUT2D eigenvalue weighted by Gasteiger charge is -2.10. The van der Waals surface area contributed by atoms with Crippen molar-refractivity contribution in [1.29, 1.82) is 5.26 Å². The van der Waals surface area contributed by atoms with Gasteiger partial charge in [-0.2, -0.15) is 10.2 Å². The summed E-state index contributed by atoms with van der Waals surface area (Å²) in [6.07, 6.45) is 6.45. The van der Waals surface area contributed by atoms with Crippen LogP contribution in [-0.4, -0.2) is 16.1 Å². The van der Waals surface area contributed by atoms with Crippen molar-refractivity contribution in [3.8, 4) is 11.9 Å². The molecule has 0 atom stereocenters. The van der Waals surface area contributed by atoms with E-state index in [1.54, 1.807) is 12.3 Å². The maximum atomic E-state index is 8.59. The van der Waals surface area contributed by atoms with E-state index in [0.717, 1.165) is 12.8 Å². The van der Waals surface area contributed by atoms with E-state index in [1.807, 2.05) is 6.07 Å². The summed E-state index contributed by atoms with van der Waals surface area (Å²) in [6.45, 7) is 0. The van der Waals surface area contributed by atoms with Crippen molar-refractivity contribution in [1.82, 2.24) is 9.97 Å². The van der Waals surface area contributed by atoms with Gasteiger partial charge in [-0.05, 0) is 25.7 Å². The molecule has 4 heteroatoms. The fraction of sp³-hybridized carbons (Fsp3) is 0.500. The van der Waals surface area contributed by atoms with Gasteiger partial charge in [-0.25, -0.2) is 4.98 Å². The summed E-state index contributed by atoms with van der Waals surface area (Å²) in [6, 6.07) is 3.58. The molecule has 0 bridgehead atoms. The van der Waals surface area contributed by atoms with Crippen molar-refractivity contribution >= 4 is 0 Å². The molecule has 0 radical (unpaired) electrons. The van der Waals surface area contributed by atoms with Gasteiger partial charge in [-0.15, -0.1) is 0 Å². The van der Waals surface area contributed by atoms with Crippen LogP contribution >= 0.6 is 0 Å². The lowest BCUT2D eigenvalue weighted by molar-refractivity contribution is 0.201. The molecule has 4 nitrogen and oxygen atoms in total. The van der Waals surface area contributed by atoms with Gasteiger partial charge in [-0.1, -0.05) is 0 Å². The predicted molar refractivity (Wildman–Crippen MR) is 49.6 cm³/mol. The van der Waals surface area contributed by atoms with Crippen LogP contribution in [0.5, 0.6) is 5.88 Å². The molecule has 1 aromatic heterocycles. The van der Waals surface area contributed by atoms with Crippen molar-refractivity contribution in [2.45, 2.75) is 31.8 Å². The lowest BCUT2D eigenvalue weighted by Crippen LogP contribution is -2.12. The molecule has 0 spiro atoms. The van der Waals surface area contributed by atoms with E-state index in [1.165, 1.54) is 12.8 Å². The van der Waals surface area contributed by atoms with E-state index in [2.05, 4.69) is 9.97 Å². The molecule has 0 aliphatic heterocycles. The number of hydrogen-bond donors (Lipinski definition) is 0. The van der Waals surface area contributed by atoms with Crippen molar-refractivity contribution in [3.63, 3.8) is 0 Å². The Morgan fingerprint density at radius 3 is 2.93 bits per heavy atom. The average molecular weight is 189 g/mol. The Bertz CT molecular complexity index is 353. The molecule has 2 rings (SSSR count). The second-order valence-corrected chi connectivity index (χ2v) is 3.35. The van der Waals surface area contributed by atoms with Gasteiger partial charge in [0.1, 0.15) is 12.2 Å². The van der Waals surface area contributed by atoms with Gasteiger partial charge in [0.25, 0.3) is 0 Å². The number of rotatable bonds is 2. The Labute approximate surface area is 82.6 Å². The molecule has 0 amide bonds. The van der Waals surface area contributed by atoms with E-state index in [9.17, 15) is 0 Å². The number of hydrogen-bond acceptors (Lipinski definition) is 4. The minimum absolute atomic E-state index is 0.167. The minimum atomic E-state index is 0.167.